The molecule has 1 aliphatic carbocycles. The van der Waals surface area contributed by atoms with Crippen molar-refractivity contribution in [1.82, 2.24) is 9.80 Å². The number of carbonyl (C=O) groups excluding carboxylic acids is 1. The summed E-state index contributed by atoms with van der Waals surface area (Å²) in [6.45, 7) is 2.75. The van der Waals surface area contributed by atoms with E-state index in [0.717, 1.165) is 32.4 Å². The quantitative estimate of drug-likeness (QED) is 0.791. The van der Waals surface area contributed by atoms with Crippen LogP contribution in [0.1, 0.15) is 40.7 Å². The zero-order valence-corrected chi connectivity index (χ0v) is 16.2. The number of piperidine rings is 2. The van der Waals surface area contributed by atoms with Crippen LogP contribution < -0.4 is 0 Å². The van der Waals surface area contributed by atoms with Crippen LogP contribution in [0.15, 0.2) is 48.5 Å². The van der Waals surface area contributed by atoms with Crippen LogP contribution in [0.3, 0.4) is 0 Å². The Labute approximate surface area is 166 Å². The molecule has 4 heteroatoms. The highest BCUT2D eigenvalue weighted by Gasteiger charge is 2.41. The van der Waals surface area contributed by atoms with Crippen LogP contribution in [-0.4, -0.2) is 47.4 Å². The van der Waals surface area contributed by atoms with E-state index in [1.165, 1.54) is 42.6 Å². The van der Waals surface area contributed by atoms with E-state index in [1.807, 2.05) is 4.90 Å². The third-order valence-electron chi connectivity index (χ3n) is 6.97. The molecule has 5 rings (SSSR count). The lowest BCUT2D eigenvalue weighted by molar-refractivity contribution is 0.00209. The molecule has 28 heavy (non-hydrogen) atoms. The number of rotatable bonds is 2. The Kier molecular flexibility index (Phi) is 4.67. The third-order valence-corrected chi connectivity index (χ3v) is 6.97. The summed E-state index contributed by atoms with van der Waals surface area (Å²) in [7, 11) is 0. The minimum Gasteiger partial charge on any atom is -0.338 e. The zero-order valence-electron chi connectivity index (χ0n) is 16.2. The molecule has 2 aromatic rings. The number of amides is 1. The number of hydrogen-bond acceptors (Lipinski definition) is 2. The molecule has 2 aliphatic heterocycles. The van der Waals surface area contributed by atoms with Crippen LogP contribution in [0.5, 0.6) is 0 Å². The maximum atomic E-state index is 13.5. The largest absolute Gasteiger partial charge is 0.338 e. The van der Waals surface area contributed by atoms with Crippen molar-refractivity contribution in [3.05, 3.63) is 71.0 Å². The Bertz CT molecular complexity index is 857. The summed E-state index contributed by atoms with van der Waals surface area (Å²) < 4.78 is 13.5. The number of halogens is 1. The van der Waals surface area contributed by atoms with Crippen LogP contribution in [-0.2, 0) is 12.8 Å². The first-order chi connectivity index (χ1) is 13.7. The summed E-state index contributed by atoms with van der Waals surface area (Å²) in [5.74, 6) is 0.164. The van der Waals surface area contributed by atoms with E-state index in [-0.39, 0.29) is 11.7 Å². The van der Waals surface area contributed by atoms with E-state index in [1.54, 1.807) is 12.1 Å². The first-order valence-corrected chi connectivity index (χ1v) is 10.6. The highest BCUT2D eigenvalue weighted by atomic mass is 19.1. The molecule has 3 nitrogen and oxygen atoms in total. The Morgan fingerprint density at radius 3 is 2.50 bits per heavy atom. The molecule has 0 N–H and O–H groups in total. The molecule has 0 bridgehead atoms. The summed E-state index contributed by atoms with van der Waals surface area (Å²) in [5, 5.41) is 0. The number of nitrogens with zero attached hydrogens (tertiary/aromatic N) is 2. The second kappa shape index (κ2) is 7.32. The number of benzene rings is 2. The van der Waals surface area contributed by atoms with Crippen LogP contribution in [0.2, 0.25) is 0 Å². The predicted octanol–water partition coefficient (Wildman–Crippen LogP) is 3.92. The Hall–Kier alpha value is -2.20. The minimum atomic E-state index is -0.342. The van der Waals surface area contributed by atoms with E-state index in [4.69, 9.17) is 0 Å². The van der Waals surface area contributed by atoms with Crippen LogP contribution in [0.25, 0.3) is 0 Å². The van der Waals surface area contributed by atoms with Gasteiger partial charge in [0.2, 0.25) is 0 Å². The molecule has 0 radical (unpaired) electrons. The smallest absolute Gasteiger partial charge is 0.253 e. The molecule has 0 spiro atoms. The number of hydrogen-bond donors (Lipinski definition) is 0. The molecule has 0 aromatic heterocycles. The molecule has 0 saturated carbocycles. The van der Waals surface area contributed by atoms with Gasteiger partial charge in [0, 0.05) is 30.7 Å². The summed E-state index contributed by atoms with van der Waals surface area (Å²) in [6.07, 6.45) is 5.74. The average Bonchev–Trinajstić information content (AvgIpc) is 3.16. The lowest BCUT2D eigenvalue weighted by Crippen LogP contribution is -2.57. The van der Waals surface area contributed by atoms with Crippen molar-refractivity contribution < 1.29 is 9.18 Å². The topological polar surface area (TPSA) is 23.6 Å². The van der Waals surface area contributed by atoms with Gasteiger partial charge in [0.1, 0.15) is 5.82 Å². The molecule has 2 saturated heterocycles. The maximum Gasteiger partial charge on any atom is 0.253 e. The van der Waals surface area contributed by atoms with Gasteiger partial charge < -0.3 is 4.90 Å². The molecule has 146 valence electrons. The molecule has 2 atom stereocenters. The molecule has 3 aliphatic rings. The molecular weight excluding hydrogens is 351 g/mol. The Morgan fingerprint density at radius 2 is 1.75 bits per heavy atom. The molecule has 0 unspecified atom stereocenters. The van der Waals surface area contributed by atoms with Gasteiger partial charge in [-0.3, -0.25) is 9.69 Å². The van der Waals surface area contributed by atoms with Gasteiger partial charge in [-0.25, -0.2) is 4.39 Å². The minimum absolute atomic E-state index is 0.0247. The van der Waals surface area contributed by atoms with Crippen molar-refractivity contribution in [2.24, 2.45) is 5.92 Å². The number of carbonyl (C=O) groups is 1. The predicted molar refractivity (Wildman–Crippen MR) is 108 cm³/mol. The van der Waals surface area contributed by atoms with E-state index in [9.17, 15) is 9.18 Å². The fraction of sp³-hybridized carbons (Fsp3) is 0.458. The lowest BCUT2D eigenvalue weighted by atomic mass is 9.82. The lowest BCUT2D eigenvalue weighted by Gasteiger charge is -2.49. The summed E-state index contributed by atoms with van der Waals surface area (Å²) >= 11 is 0. The molecule has 2 heterocycles. The standard InChI is InChI=1S/C24H27FN2O/c25-21-9-3-7-19(13-21)24(28)26-12-10-23-20(16-26)8-4-11-27(23)22-14-17-5-1-2-6-18(17)15-22/h1-3,5-7,9,13,20,22-23H,4,8,10-12,14-16H2/t20-,23+/m1/s1. The van der Waals surface area contributed by atoms with Gasteiger partial charge in [-0.05, 0) is 73.9 Å². The van der Waals surface area contributed by atoms with E-state index in [0.29, 0.717) is 23.6 Å². The number of fused-ring (bicyclic) bond motifs is 2. The van der Waals surface area contributed by atoms with E-state index in [2.05, 4.69) is 29.2 Å². The van der Waals surface area contributed by atoms with Crippen LogP contribution in [0.4, 0.5) is 4.39 Å². The van der Waals surface area contributed by atoms with E-state index < -0.39 is 0 Å². The number of likely N-dealkylation sites (tertiary alicyclic amines) is 2. The van der Waals surface area contributed by atoms with Gasteiger partial charge in [-0.15, -0.1) is 0 Å². The van der Waals surface area contributed by atoms with Crippen molar-refractivity contribution in [1.29, 1.82) is 0 Å². The van der Waals surface area contributed by atoms with Crippen molar-refractivity contribution in [3.8, 4) is 0 Å². The van der Waals surface area contributed by atoms with Gasteiger partial charge >= 0.3 is 0 Å². The summed E-state index contributed by atoms with van der Waals surface area (Å²) in [5.41, 5.74) is 3.49. The van der Waals surface area contributed by atoms with E-state index >= 15 is 0 Å². The second-order valence-corrected chi connectivity index (χ2v) is 8.59. The van der Waals surface area contributed by atoms with Crippen molar-refractivity contribution in [2.75, 3.05) is 19.6 Å². The first-order valence-electron chi connectivity index (χ1n) is 10.6. The third kappa shape index (κ3) is 3.24. The van der Waals surface area contributed by atoms with Gasteiger partial charge in [-0.2, -0.15) is 0 Å². The first kappa shape index (κ1) is 17.9. The fourth-order valence-corrected chi connectivity index (χ4v) is 5.65. The highest BCUT2D eigenvalue weighted by molar-refractivity contribution is 5.94. The van der Waals surface area contributed by atoms with Crippen LogP contribution >= 0.6 is 0 Å². The van der Waals surface area contributed by atoms with Gasteiger partial charge in [-0.1, -0.05) is 30.3 Å². The molecule has 2 fully saturated rings. The summed E-state index contributed by atoms with van der Waals surface area (Å²) in [6, 6.07) is 16.1. The van der Waals surface area contributed by atoms with Crippen molar-refractivity contribution in [2.45, 2.75) is 44.2 Å². The van der Waals surface area contributed by atoms with Gasteiger partial charge in [0.15, 0.2) is 0 Å². The Balaban J connectivity index is 1.28. The SMILES string of the molecule is O=C(c1cccc(F)c1)N1CC[C@H]2[C@H](CCCN2C2Cc3ccccc3C2)C1. The Morgan fingerprint density at radius 1 is 0.964 bits per heavy atom. The zero-order chi connectivity index (χ0) is 19.1. The molecular formula is C24H27FN2O. The fourth-order valence-electron chi connectivity index (χ4n) is 5.65. The monoisotopic (exact) mass is 378 g/mol. The maximum absolute atomic E-state index is 13.5. The van der Waals surface area contributed by atoms with Crippen molar-refractivity contribution in [3.63, 3.8) is 0 Å². The van der Waals surface area contributed by atoms with Crippen LogP contribution in [0, 0.1) is 11.7 Å². The highest BCUT2D eigenvalue weighted by Crippen LogP contribution is 2.36. The summed E-state index contributed by atoms with van der Waals surface area (Å²) in [4.78, 5) is 17.6. The molecule has 1 amide bonds. The van der Waals surface area contributed by atoms with Gasteiger partial charge in [0.05, 0.1) is 0 Å². The van der Waals surface area contributed by atoms with Gasteiger partial charge in [0.25, 0.3) is 5.91 Å². The van der Waals surface area contributed by atoms with Crippen molar-refractivity contribution >= 4 is 5.91 Å². The second-order valence-electron chi connectivity index (χ2n) is 8.59. The normalized spacial score (nSPS) is 25.4. The molecule has 2 aromatic carbocycles. The average molecular weight is 378 g/mol.